The van der Waals surface area contributed by atoms with Crippen molar-refractivity contribution in [3.63, 3.8) is 0 Å². The summed E-state index contributed by atoms with van der Waals surface area (Å²) in [4.78, 5) is 41.0. The molecule has 0 aromatic heterocycles. The maximum atomic E-state index is 10.3. The van der Waals surface area contributed by atoms with Gasteiger partial charge in [-0.3, -0.25) is 14.4 Å². The third-order valence-corrected chi connectivity index (χ3v) is 1.35. The first-order valence-electron chi connectivity index (χ1n) is 5.81. The summed E-state index contributed by atoms with van der Waals surface area (Å²) in [7, 11) is 3.88. The van der Waals surface area contributed by atoms with E-state index in [1.807, 2.05) is 0 Å². The number of amides is 1. The van der Waals surface area contributed by atoms with Crippen molar-refractivity contribution >= 4 is 23.4 Å². The van der Waals surface area contributed by atoms with Gasteiger partial charge in [-0.25, -0.2) is 4.79 Å². The van der Waals surface area contributed by atoms with Crippen molar-refractivity contribution in [2.24, 2.45) is 17.2 Å². The number of hydrogen-bond donors (Lipinski definition) is 5. The number of ether oxygens (including phenoxy) is 1. The highest BCUT2D eigenvalue weighted by molar-refractivity contribution is 6.36. The lowest BCUT2D eigenvalue weighted by Gasteiger charge is -1.95. The van der Waals surface area contributed by atoms with E-state index in [9.17, 15) is 19.2 Å². The fraction of sp³-hybridized carbons (Fsp3) is 0.636. The predicted molar refractivity (Wildman–Crippen MR) is 77.1 cm³/mol. The summed E-state index contributed by atoms with van der Waals surface area (Å²) >= 11 is 0. The Hall–Kier alpha value is -1.88. The first-order valence-corrected chi connectivity index (χ1v) is 5.81. The van der Waals surface area contributed by atoms with E-state index in [4.69, 9.17) is 16.6 Å². The molecule has 0 unspecified atom stereocenters. The molecule has 10 heteroatoms. The average Bonchev–Trinajstić information content (AvgIpc) is 2.56. The van der Waals surface area contributed by atoms with Crippen LogP contribution in [0, 0.1) is 0 Å². The smallest absolute Gasteiger partial charge is 0.375 e. The highest BCUT2D eigenvalue weighted by atomic mass is 16.5. The molecule has 0 radical (unpaired) electrons. The Morgan fingerprint density at radius 2 is 1.38 bits per heavy atom. The lowest BCUT2D eigenvalue weighted by Crippen LogP contribution is -2.32. The number of carbonyl (C=O) groups excluding carboxylic acids is 4. The van der Waals surface area contributed by atoms with E-state index >= 15 is 0 Å². The highest BCUT2D eigenvalue weighted by Crippen LogP contribution is 1.77. The number of aliphatic hydroxyl groups excluding tert-OH is 1. The zero-order chi connectivity index (χ0) is 17.8. The zero-order valence-corrected chi connectivity index (χ0v) is 12.8. The summed E-state index contributed by atoms with van der Waals surface area (Å²) in [5, 5.41) is 9.15. The minimum absolute atomic E-state index is 0.213. The summed E-state index contributed by atoms with van der Waals surface area (Å²) in [5.74, 6) is -2.75. The molecule has 0 spiro atoms. The molecule has 8 N–H and O–H groups in total. The van der Waals surface area contributed by atoms with Crippen LogP contribution in [-0.2, 0) is 23.9 Å². The molecule has 0 saturated carbocycles. The molecule has 10 nitrogen and oxygen atoms in total. The van der Waals surface area contributed by atoms with Crippen molar-refractivity contribution in [2.75, 3.05) is 40.9 Å². The molecule has 0 heterocycles. The number of carbonyl (C=O) groups is 4. The maximum Gasteiger partial charge on any atom is 0.375 e. The van der Waals surface area contributed by atoms with Crippen LogP contribution in [0.1, 0.15) is 6.92 Å². The molecule has 1 amide bonds. The average molecular weight is 310 g/mol. The number of nitrogens with two attached hydrogens (primary N) is 3. The van der Waals surface area contributed by atoms with Gasteiger partial charge in [0, 0.05) is 14.2 Å². The Labute approximate surface area is 124 Å². The number of likely N-dealkylation sites (N-methyl/N-ethyl adjacent to an activating group) is 1. The molecule has 0 aliphatic rings. The second kappa shape index (κ2) is 23.2. The van der Waals surface area contributed by atoms with Gasteiger partial charge in [0.25, 0.3) is 11.7 Å². The van der Waals surface area contributed by atoms with Crippen molar-refractivity contribution in [1.82, 2.24) is 5.32 Å². The second-order valence-corrected chi connectivity index (χ2v) is 2.55. The summed E-state index contributed by atoms with van der Waals surface area (Å²) in [6, 6.07) is 0. The molecule has 0 atom stereocenters. The number of ketones is 2. The van der Waals surface area contributed by atoms with E-state index in [2.05, 4.69) is 15.8 Å². The number of nitrogens with one attached hydrogen (secondary N) is 1. The van der Waals surface area contributed by atoms with Crippen LogP contribution in [-0.4, -0.2) is 69.5 Å². The third-order valence-electron chi connectivity index (χ3n) is 1.35. The Kier molecular flexibility index (Phi) is 30.4. The number of hydrogen-bond acceptors (Lipinski definition) is 9. The quantitative estimate of drug-likeness (QED) is 0.253. The minimum atomic E-state index is -0.847. The molecule has 0 rings (SSSR count). The Bertz CT molecular complexity index is 282. The van der Waals surface area contributed by atoms with Crippen LogP contribution >= 0.6 is 0 Å². The molecule has 0 aliphatic carbocycles. The maximum absolute atomic E-state index is 10.3. The first kappa shape index (κ1) is 27.5. The summed E-state index contributed by atoms with van der Waals surface area (Å²) in [6.07, 6.45) is 0. The minimum Gasteiger partial charge on any atom is -0.460 e. The fourth-order valence-electron chi connectivity index (χ4n) is 0.527. The topological polar surface area (TPSA) is 188 Å². The van der Waals surface area contributed by atoms with Crippen molar-refractivity contribution < 1.29 is 29.0 Å². The summed E-state index contributed by atoms with van der Waals surface area (Å²) in [6.45, 7) is 1.34. The van der Waals surface area contributed by atoms with Crippen LogP contribution < -0.4 is 22.5 Å². The van der Waals surface area contributed by atoms with Gasteiger partial charge in [0.1, 0.15) is 0 Å². The van der Waals surface area contributed by atoms with Crippen LogP contribution in [0.4, 0.5) is 0 Å². The lowest BCUT2D eigenvalue weighted by atomic mass is 10.4. The van der Waals surface area contributed by atoms with Crippen LogP contribution in [0.2, 0.25) is 0 Å². The summed E-state index contributed by atoms with van der Waals surface area (Å²) in [5.41, 5.74) is 14.2. The van der Waals surface area contributed by atoms with Gasteiger partial charge in [-0.15, -0.1) is 0 Å². The molecular weight excluding hydrogens is 284 g/mol. The molecule has 0 fully saturated rings. The number of rotatable bonds is 5. The van der Waals surface area contributed by atoms with Crippen molar-refractivity contribution in [2.45, 2.75) is 6.92 Å². The van der Waals surface area contributed by atoms with Gasteiger partial charge < -0.3 is 32.4 Å². The fourth-order valence-corrected chi connectivity index (χ4v) is 0.527. The largest absolute Gasteiger partial charge is 0.460 e. The van der Waals surface area contributed by atoms with Crippen molar-refractivity contribution in [3.05, 3.63) is 0 Å². The van der Waals surface area contributed by atoms with Gasteiger partial charge in [0.2, 0.25) is 5.78 Å². The summed E-state index contributed by atoms with van der Waals surface area (Å²) < 4.78 is 4.33. The Morgan fingerprint density at radius 1 is 1.00 bits per heavy atom. The zero-order valence-electron chi connectivity index (χ0n) is 12.8. The van der Waals surface area contributed by atoms with Crippen molar-refractivity contribution in [1.29, 1.82) is 0 Å². The number of Topliss-reactive ketones (excluding diaryl/α,β-unsaturated/α-hetero) is 2. The van der Waals surface area contributed by atoms with E-state index in [-0.39, 0.29) is 19.7 Å². The van der Waals surface area contributed by atoms with Crippen LogP contribution in [0.25, 0.3) is 0 Å². The molecule has 0 saturated heterocycles. The van der Waals surface area contributed by atoms with Gasteiger partial charge >= 0.3 is 5.97 Å². The van der Waals surface area contributed by atoms with Crippen LogP contribution in [0.15, 0.2) is 0 Å². The standard InChI is InChI=1S/C5H9NO3.C4H8N2O2.CH5N.CH4O/c1-2-9-5(8)4(7)3-6;1-6-4(8)3(7)2-5;2*1-2/h2-3,6H2,1H3;2,5H2,1H3,(H,6,8);2H2,1H3;2H,1H3. The molecule has 0 bridgehead atoms. The van der Waals surface area contributed by atoms with Gasteiger partial charge in [0.15, 0.2) is 0 Å². The SMILES string of the molecule is CCOC(=O)C(=O)CN.CN.CNC(=O)C(=O)CN.CO. The molecule has 21 heavy (non-hydrogen) atoms. The molecule has 0 aromatic carbocycles. The lowest BCUT2D eigenvalue weighted by molar-refractivity contribution is -0.152. The molecular formula is C11H26N4O6. The first-order chi connectivity index (χ1) is 9.94. The van der Waals surface area contributed by atoms with E-state index in [1.165, 1.54) is 14.1 Å². The Morgan fingerprint density at radius 3 is 1.57 bits per heavy atom. The molecule has 0 aromatic rings. The highest BCUT2D eigenvalue weighted by Gasteiger charge is 2.10. The normalized spacial score (nSPS) is 7.43. The van der Waals surface area contributed by atoms with Gasteiger partial charge in [0.05, 0.1) is 19.7 Å². The van der Waals surface area contributed by atoms with Gasteiger partial charge in [-0.05, 0) is 14.0 Å². The van der Waals surface area contributed by atoms with E-state index in [0.29, 0.717) is 0 Å². The van der Waals surface area contributed by atoms with Crippen LogP contribution in [0.5, 0.6) is 0 Å². The molecule has 0 aliphatic heterocycles. The van der Waals surface area contributed by atoms with Gasteiger partial charge in [-0.1, -0.05) is 0 Å². The van der Waals surface area contributed by atoms with E-state index < -0.39 is 23.4 Å². The monoisotopic (exact) mass is 310 g/mol. The Balaban J connectivity index is -0.000000111. The van der Waals surface area contributed by atoms with Gasteiger partial charge in [-0.2, -0.15) is 0 Å². The molecule has 126 valence electrons. The third kappa shape index (κ3) is 20.6. The van der Waals surface area contributed by atoms with Crippen LogP contribution in [0.3, 0.4) is 0 Å². The van der Waals surface area contributed by atoms with E-state index in [1.54, 1.807) is 6.92 Å². The predicted octanol–water partition coefficient (Wildman–Crippen LogP) is -3.48. The number of esters is 1. The van der Waals surface area contributed by atoms with E-state index in [0.717, 1.165) is 7.11 Å². The second-order valence-electron chi connectivity index (χ2n) is 2.55. The number of aliphatic hydroxyl groups is 1. The van der Waals surface area contributed by atoms with Crippen molar-refractivity contribution in [3.8, 4) is 0 Å².